The Balaban J connectivity index is 2.28. The molecule has 1 heterocycles. The third-order valence-corrected chi connectivity index (χ3v) is 3.46. The van der Waals surface area contributed by atoms with Crippen molar-refractivity contribution < 1.29 is 14.3 Å². The standard InChI is InChI=1S/C13H15BrN2O3/c1-8-4-9(6-10(14)5-8)13(18)16-2-3-19-7-11(16)12(15)17/h4-6,11H,2-3,7H2,1H3,(H2,15,17)/t11-/m0/s1. The van der Waals surface area contributed by atoms with E-state index in [2.05, 4.69) is 15.9 Å². The lowest BCUT2D eigenvalue weighted by Gasteiger charge is -2.33. The molecule has 0 aromatic heterocycles. The maximum absolute atomic E-state index is 12.5. The number of carbonyl (C=O) groups is 2. The monoisotopic (exact) mass is 326 g/mol. The minimum absolute atomic E-state index is 0.161. The van der Waals surface area contributed by atoms with Crippen LogP contribution in [0.2, 0.25) is 0 Å². The van der Waals surface area contributed by atoms with E-state index in [0.717, 1.165) is 10.0 Å². The molecule has 0 unspecified atom stereocenters. The topological polar surface area (TPSA) is 72.6 Å². The molecule has 1 aliphatic rings. The molecule has 1 saturated heterocycles. The van der Waals surface area contributed by atoms with Crippen LogP contribution in [-0.4, -0.2) is 42.5 Å². The Labute approximate surface area is 119 Å². The highest BCUT2D eigenvalue weighted by atomic mass is 79.9. The zero-order valence-corrected chi connectivity index (χ0v) is 12.1. The summed E-state index contributed by atoms with van der Waals surface area (Å²) in [5, 5.41) is 0. The third kappa shape index (κ3) is 3.13. The smallest absolute Gasteiger partial charge is 0.254 e. The van der Waals surface area contributed by atoms with Crippen LogP contribution in [0.4, 0.5) is 0 Å². The number of amides is 2. The Morgan fingerprint density at radius 3 is 2.79 bits per heavy atom. The van der Waals surface area contributed by atoms with Gasteiger partial charge in [0.25, 0.3) is 5.91 Å². The van der Waals surface area contributed by atoms with E-state index in [0.29, 0.717) is 18.7 Å². The minimum atomic E-state index is -0.694. The first-order chi connectivity index (χ1) is 8.99. The maximum Gasteiger partial charge on any atom is 0.254 e. The van der Waals surface area contributed by atoms with Crippen LogP contribution in [-0.2, 0) is 9.53 Å². The van der Waals surface area contributed by atoms with Crippen LogP contribution in [0, 0.1) is 6.92 Å². The predicted octanol–water partition coefficient (Wildman–Crippen LogP) is 1.08. The molecule has 1 aliphatic heterocycles. The van der Waals surface area contributed by atoms with Gasteiger partial charge in [0, 0.05) is 16.6 Å². The van der Waals surface area contributed by atoms with Crippen molar-refractivity contribution in [2.75, 3.05) is 19.8 Å². The van der Waals surface area contributed by atoms with Crippen molar-refractivity contribution in [3.8, 4) is 0 Å². The highest BCUT2D eigenvalue weighted by Crippen LogP contribution is 2.19. The van der Waals surface area contributed by atoms with E-state index in [1.807, 2.05) is 13.0 Å². The van der Waals surface area contributed by atoms with Gasteiger partial charge in [0.1, 0.15) is 6.04 Å². The fraction of sp³-hybridized carbons (Fsp3) is 0.385. The van der Waals surface area contributed by atoms with Gasteiger partial charge in [-0.15, -0.1) is 0 Å². The van der Waals surface area contributed by atoms with Crippen LogP contribution >= 0.6 is 15.9 Å². The molecular formula is C13H15BrN2O3. The van der Waals surface area contributed by atoms with Crippen LogP contribution < -0.4 is 5.73 Å². The van der Waals surface area contributed by atoms with Gasteiger partial charge in [0.05, 0.1) is 13.2 Å². The molecule has 1 aromatic rings. The van der Waals surface area contributed by atoms with E-state index >= 15 is 0 Å². The lowest BCUT2D eigenvalue weighted by Crippen LogP contribution is -2.54. The van der Waals surface area contributed by atoms with E-state index < -0.39 is 11.9 Å². The summed E-state index contributed by atoms with van der Waals surface area (Å²) in [4.78, 5) is 25.3. The molecule has 1 aromatic carbocycles. The first-order valence-electron chi connectivity index (χ1n) is 5.94. The molecule has 2 amide bonds. The Hall–Kier alpha value is -1.40. The van der Waals surface area contributed by atoms with Gasteiger partial charge in [-0.3, -0.25) is 9.59 Å². The average Bonchev–Trinajstić information content (AvgIpc) is 2.36. The summed E-state index contributed by atoms with van der Waals surface area (Å²) in [6, 6.07) is 4.76. The number of hydrogen-bond donors (Lipinski definition) is 1. The Morgan fingerprint density at radius 2 is 2.16 bits per heavy atom. The fourth-order valence-electron chi connectivity index (χ4n) is 2.11. The van der Waals surface area contributed by atoms with Crippen molar-refractivity contribution in [1.82, 2.24) is 4.90 Å². The SMILES string of the molecule is Cc1cc(Br)cc(C(=O)N2CCOC[C@H]2C(N)=O)c1. The van der Waals surface area contributed by atoms with E-state index in [1.54, 1.807) is 12.1 Å². The highest BCUT2D eigenvalue weighted by molar-refractivity contribution is 9.10. The highest BCUT2D eigenvalue weighted by Gasteiger charge is 2.32. The van der Waals surface area contributed by atoms with Gasteiger partial charge in [-0.25, -0.2) is 0 Å². The van der Waals surface area contributed by atoms with Crippen molar-refractivity contribution in [2.24, 2.45) is 5.73 Å². The van der Waals surface area contributed by atoms with Gasteiger partial charge in [0.15, 0.2) is 0 Å². The number of benzene rings is 1. The molecule has 102 valence electrons. The number of nitrogens with zero attached hydrogens (tertiary/aromatic N) is 1. The minimum Gasteiger partial charge on any atom is -0.377 e. The fourth-order valence-corrected chi connectivity index (χ4v) is 2.72. The van der Waals surface area contributed by atoms with Gasteiger partial charge >= 0.3 is 0 Å². The number of aryl methyl sites for hydroxylation is 1. The number of morpholine rings is 1. The lowest BCUT2D eigenvalue weighted by molar-refractivity contribution is -0.127. The number of hydrogen-bond acceptors (Lipinski definition) is 3. The molecule has 2 N–H and O–H groups in total. The lowest BCUT2D eigenvalue weighted by atomic mass is 10.1. The van der Waals surface area contributed by atoms with Crippen LogP contribution in [0.1, 0.15) is 15.9 Å². The molecule has 1 atom stereocenters. The number of nitrogens with two attached hydrogens (primary N) is 1. The van der Waals surface area contributed by atoms with Crippen LogP contribution in [0.3, 0.4) is 0 Å². The van der Waals surface area contributed by atoms with Gasteiger partial charge < -0.3 is 15.4 Å². The Morgan fingerprint density at radius 1 is 1.42 bits per heavy atom. The van der Waals surface area contributed by atoms with Crippen molar-refractivity contribution in [2.45, 2.75) is 13.0 Å². The van der Waals surface area contributed by atoms with Crippen LogP contribution in [0.25, 0.3) is 0 Å². The van der Waals surface area contributed by atoms with E-state index in [9.17, 15) is 9.59 Å². The molecule has 0 aliphatic carbocycles. The second-order valence-electron chi connectivity index (χ2n) is 4.51. The molecule has 0 bridgehead atoms. The third-order valence-electron chi connectivity index (χ3n) is 3.01. The molecule has 0 radical (unpaired) electrons. The second-order valence-corrected chi connectivity index (χ2v) is 5.42. The molecule has 1 fully saturated rings. The van der Waals surface area contributed by atoms with E-state index in [1.165, 1.54) is 4.90 Å². The van der Waals surface area contributed by atoms with Crippen molar-refractivity contribution in [1.29, 1.82) is 0 Å². The summed E-state index contributed by atoms with van der Waals surface area (Å²) < 4.78 is 6.04. The van der Waals surface area contributed by atoms with Crippen LogP contribution in [0.5, 0.6) is 0 Å². The summed E-state index contributed by atoms with van der Waals surface area (Å²) in [6.45, 7) is 2.86. The summed E-state index contributed by atoms with van der Waals surface area (Å²) in [7, 11) is 0. The predicted molar refractivity (Wildman–Crippen MR) is 73.7 cm³/mol. The van der Waals surface area contributed by atoms with Gasteiger partial charge in [0.2, 0.25) is 5.91 Å². The molecule has 2 rings (SSSR count). The first kappa shape index (κ1) is 14.0. The van der Waals surface area contributed by atoms with Gasteiger partial charge in [-0.1, -0.05) is 15.9 Å². The number of rotatable bonds is 2. The van der Waals surface area contributed by atoms with Crippen LogP contribution in [0.15, 0.2) is 22.7 Å². The summed E-state index contributed by atoms with van der Waals surface area (Å²) >= 11 is 3.36. The largest absolute Gasteiger partial charge is 0.377 e. The molecule has 6 heteroatoms. The summed E-state index contributed by atoms with van der Waals surface area (Å²) in [5.41, 5.74) is 6.83. The Bertz CT molecular complexity index is 498. The Kier molecular flexibility index (Phi) is 4.21. The maximum atomic E-state index is 12.5. The molecular weight excluding hydrogens is 312 g/mol. The van der Waals surface area contributed by atoms with Crippen molar-refractivity contribution in [3.63, 3.8) is 0 Å². The number of ether oxygens (including phenoxy) is 1. The average molecular weight is 327 g/mol. The van der Waals surface area contributed by atoms with Gasteiger partial charge in [-0.2, -0.15) is 0 Å². The summed E-state index contributed by atoms with van der Waals surface area (Å²) in [6.07, 6.45) is 0. The normalized spacial score (nSPS) is 19.3. The van der Waals surface area contributed by atoms with Gasteiger partial charge in [-0.05, 0) is 30.7 Å². The zero-order chi connectivity index (χ0) is 14.0. The molecule has 0 spiro atoms. The van der Waals surface area contributed by atoms with E-state index in [4.69, 9.17) is 10.5 Å². The number of carbonyl (C=O) groups excluding carboxylic acids is 2. The second kappa shape index (κ2) is 5.71. The molecule has 19 heavy (non-hydrogen) atoms. The number of halogens is 1. The first-order valence-corrected chi connectivity index (χ1v) is 6.73. The summed E-state index contributed by atoms with van der Waals surface area (Å²) in [5.74, 6) is -0.740. The molecule has 0 saturated carbocycles. The van der Waals surface area contributed by atoms with Crippen molar-refractivity contribution >= 4 is 27.7 Å². The number of primary amides is 1. The molecule has 5 nitrogen and oxygen atoms in total. The zero-order valence-electron chi connectivity index (χ0n) is 10.6. The quantitative estimate of drug-likeness (QED) is 0.884. The van der Waals surface area contributed by atoms with E-state index in [-0.39, 0.29) is 12.5 Å². The van der Waals surface area contributed by atoms with Crippen molar-refractivity contribution in [3.05, 3.63) is 33.8 Å².